The molecule has 0 spiro atoms. The van der Waals surface area contributed by atoms with Gasteiger partial charge in [0.05, 0.1) is 6.54 Å². The second kappa shape index (κ2) is 6.39. The van der Waals surface area contributed by atoms with E-state index in [1.165, 1.54) is 25.7 Å². The molecule has 3 rings (SSSR count). The molecule has 1 heterocycles. The number of rotatable bonds is 5. The van der Waals surface area contributed by atoms with Crippen LogP contribution in [0, 0.1) is 5.92 Å². The van der Waals surface area contributed by atoms with Gasteiger partial charge in [-0.3, -0.25) is 4.79 Å². The Morgan fingerprint density at radius 3 is 2.82 bits per heavy atom. The van der Waals surface area contributed by atoms with Crippen molar-refractivity contribution in [1.82, 2.24) is 5.32 Å². The van der Waals surface area contributed by atoms with E-state index in [1.807, 2.05) is 24.3 Å². The molecule has 1 saturated carbocycles. The maximum Gasteiger partial charge on any atom is 0.220 e. The first-order valence-corrected chi connectivity index (χ1v) is 8.84. The summed E-state index contributed by atoms with van der Waals surface area (Å²) in [6.07, 6.45) is 5.43. The normalized spacial score (nSPS) is 18.5. The standard InChI is InChI=1S/C18H23NO2S/c1-18(21,12-19-17(20)10-13-6-2-3-7-13)16-11-14-8-4-5-9-15(14)22-16/h4-5,8-9,11,13,21H,2-3,6-7,10,12H2,1H3,(H,19,20). The van der Waals surface area contributed by atoms with Gasteiger partial charge < -0.3 is 10.4 Å². The second-order valence-corrected chi connectivity index (χ2v) is 7.64. The van der Waals surface area contributed by atoms with Crippen molar-refractivity contribution in [3.63, 3.8) is 0 Å². The average Bonchev–Trinajstić information content (AvgIpc) is 3.14. The lowest BCUT2D eigenvalue weighted by molar-refractivity contribution is -0.123. The fourth-order valence-electron chi connectivity index (χ4n) is 3.15. The number of hydrogen-bond acceptors (Lipinski definition) is 3. The van der Waals surface area contributed by atoms with Gasteiger partial charge in [-0.1, -0.05) is 31.0 Å². The molecule has 22 heavy (non-hydrogen) atoms. The van der Waals surface area contributed by atoms with Crippen molar-refractivity contribution in [2.75, 3.05) is 6.54 Å². The first-order chi connectivity index (χ1) is 10.5. The van der Waals surface area contributed by atoms with Gasteiger partial charge in [0, 0.05) is 16.0 Å². The second-order valence-electron chi connectivity index (χ2n) is 6.55. The van der Waals surface area contributed by atoms with E-state index in [2.05, 4.69) is 11.4 Å². The zero-order valence-corrected chi connectivity index (χ0v) is 13.8. The molecule has 1 unspecified atom stereocenters. The summed E-state index contributed by atoms with van der Waals surface area (Å²) < 4.78 is 1.16. The zero-order chi connectivity index (χ0) is 15.6. The Morgan fingerprint density at radius 2 is 2.09 bits per heavy atom. The van der Waals surface area contributed by atoms with Gasteiger partial charge in [0.25, 0.3) is 0 Å². The Kier molecular flexibility index (Phi) is 4.50. The largest absolute Gasteiger partial charge is 0.383 e. The lowest BCUT2D eigenvalue weighted by Gasteiger charge is -2.22. The third-order valence-corrected chi connectivity index (χ3v) is 5.90. The molecule has 0 bridgehead atoms. The van der Waals surface area contributed by atoms with Crippen LogP contribution < -0.4 is 5.32 Å². The van der Waals surface area contributed by atoms with E-state index < -0.39 is 5.60 Å². The van der Waals surface area contributed by atoms with E-state index in [1.54, 1.807) is 18.3 Å². The summed E-state index contributed by atoms with van der Waals surface area (Å²) in [4.78, 5) is 12.9. The quantitative estimate of drug-likeness (QED) is 0.881. The average molecular weight is 317 g/mol. The van der Waals surface area contributed by atoms with Gasteiger partial charge in [-0.15, -0.1) is 11.3 Å². The predicted molar refractivity (Wildman–Crippen MR) is 91.0 cm³/mol. The topological polar surface area (TPSA) is 49.3 Å². The molecule has 2 N–H and O–H groups in total. The zero-order valence-electron chi connectivity index (χ0n) is 13.0. The number of thiophene rings is 1. The van der Waals surface area contributed by atoms with Crippen LogP contribution >= 0.6 is 11.3 Å². The molecule has 1 aliphatic carbocycles. The molecular formula is C18H23NO2S. The van der Waals surface area contributed by atoms with Crippen LogP contribution in [0.2, 0.25) is 0 Å². The molecule has 4 heteroatoms. The Labute approximate surface area is 135 Å². The minimum atomic E-state index is -1.02. The van der Waals surface area contributed by atoms with Crippen molar-refractivity contribution in [2.45, 2.75) is 44.6 Å². The van der Waals surface area contributed by atoms with Crippen LogP contribution in [0.15, 0.2) is 30.3 Å². The third kappa shape index (κ3) is 3.50. The summed E-state index contributed by atoms with van der Waals surface area (Å²) >= 11 is 1.59. The van der Waals surface area contributed by atoms with E-state index >= 15 is 0 Å². The molecule has 0 aliphatic heterocycles. The number of nitrogens with one attached hydrogen (secondary N) is 1. The summed E-state index contributed by atoms with van der Waals surface area (Å²) in [6.45, 7) is 2.04. The Bertz CT molecular complexity index is 623. The highest BCUT2D eigenvalue weighted by molar-refractivity contribution is 7.19. The summed E-state index contributed by atoms with van der Waals surface area (Å²) in [7, 11) is 0. The monoisotopic (exact) mass is 317 g/mol. The first kappa shape index (κ1) is 15.5. The van der Waals surface area contributed by atoms with Crippen molar-refractivity contribution >= 4 is 27.3 Å². The summed E-state index contributed by atoms with van der Waals surface area (Å²) in [6, 6.07) is 10.1. The van der Waals surface area contributed by atoms with Crippen molar-refractivity contribution in [3.8, 4) is 0 Å². The third-order valence-electron chi connectivity index (χ3n) is 4.53. The summed E-state index contributed by atoms with van der Waals surface area (Å²) in [5.74, 6) is 0.600. The van der Waals surface area contributed by atoms with E-state index in [9.17, 15) is 9.90 Å². The summed E-state index contributed by atoms with van der Waals surface area (Å²) in [5, 5.41) is 14.7. The predicted octanol–water partition coefficient (Wildman–Crippen LogP) is 3.81. The van der Waals surface area contributed by atoms with Crippen LogP contribution in [0.1, 0.15) is 43.9 Å². The molecular weight excluding hydrogens is 294 g/mol. The Hall–Kier alpha value is -1.39. The molecule has 1 amide bonds. The molecule has 1 aromatic carbocycles. The van der Waals surface area contributed by atoms with E-state index in [4.69, 9.17) is 0 Å². The molecule has 1 aliphatic rings. The van der Waals surface area contributed by atoms with Gasteiger partial charge in [-0.05, 0) is 43.2 Å². The number of carbonyl (C=O) groups excluding carboxylic acids is 1. The highest BCUT2D eigenvalue weighted by atomic mass is 32.1. The van der Waals surface area contributed by atoms with Gasteiger partial charge in [-0.2, -0.15) is 0 Å². The van der Waals surface area contributed by atoms with Crippen LogP contribution in [0.25, 0.3) is 10.1 Å². The Morgan fingerprint density at radius 1 is 1.36 bits per heavy atom. The SMILES string of the molecule is CC(O)(CNC(=O)CC1CCCC1)c1cc2ccccc2s1. The van der Waals surface area contributed by atoms with E-state index in [0.717, 1.165) is 15.0 Å². The first-order valence-electron chi connectivity index (χ1n) is 8.03. The minimum absolute atomic E-state index is 0.0632. The highest BCUT2D eigenvalue weighted by Gasteiger charge is 2.27. The molecule has 3 nitrogen and oxygen atoms in total. The number of benzene rings is 1. The lowest BCUT2D eigenvalue weighted by Crippen LogP contribution is -2.38. The van der Waals surface area contributed by atoms with Crippen LogP contribution in [0.3, 0.4) is 0 Å². The fourth-order valence-corrected chi connectivity index (χ4v) is 4.26. The summed E-state index contributed by atoms with van der Waals surface area (Å²) in [5.41, 5.74) is -1.02. The maximum absolute atomic E-state index is 12.0. The molecule has 2 aromatic rings. The van der Waals surface area contributed by atoms with Crippen molar-refractivity contribution in [1.29, 1.82) is 0 Å². The van der Waals surface area contributed by atoms with Gasteiger partial charge in [0.15, 0.2) is 0 Å². The van der Waals surface area contributed by atoms with Gasteiger partial charge in [0.2, 0.25) is 5.91 Å². The molecule has 1 fully saturated rings. The smallest absolute Gasteiger partial charge is 0.220 e. The molecule has 118 valence electrons. The number of aliphatic hydroxyl groups is 1. The highest BCUT2D eigenvalue weighted by Crippen LogP contribution is 2.33. The van der Waals surface area contributed by atoms with Crippen molar-refractivity contribution in [2.24, 2.45) is 5.92 Å². The number of carbonyl (C=O) groups is 1. The Balaban J connectivity index is 1.61. The molecule has 0 radical (unpaired) electrons. The van der Waals surface area contributed by atoms with E-state index in [0.29, 0.717) is 12.3 Å². The van der Waals surface area contributed by atoms with Gasteiger partial charge in [0.1, 0.15) is 5.60 Å². The van der Waals surface area contributed by atoms with Crippen LogP contribution in [0.5, 0.6) is 0 Å². The van der Waals surface area contributed by atoms with E-state index in [-0.39, 0.29) is 12.5 Å². The number of fused-ring (bicyclic) bond motifs is 1. The number of hydrogen-bond donors (Lipinski definition) is 2. The van der Waals surface area contributed by atoms with Gasteiger partial charge in [-0.25, -0.2) is 0 Å². The lowest BCUT2D eigenvalue weighted by atomic mass is 10.0. The number of amides is 1. The van der Waals surface area contributed by atoms with Crippen LogP contribution in [0.4, 0.5) is 0 Å². The van der Waals surface area contributed by atoms with Crippen molar-refractivity contribution in [3.05, 3.63) is 35.2 Å². The molecule has 0 saturated heterocycles. The fraction of sp³-hybridized carbons (Fsp3) is 0.500. The van der Waals surface area contributed by atoms with Crippen molar-refractivity contribution < 1.29 is 9.90 Å². The maximum atomic E-state index is 12.0. The van der Waals surface area contributed by atoms with Gasteiger partial charge >= 0.3 is 0 Å². The van der Waals surface area contributed by atoms with Crippen LogP contribution in [-0.4, -0.2) is 17.6 Å². The minimum Gasteiger partial charge on any atom is -0.383 e. The molecule has 1 aromatic heterocycles. The van der Waals surface area contributed by atoms with Crippen LogP contribution in [-0.2, 0) is 10.4 Å². The molecule has 1 atom stereocenters.